The molecular weight excluding hydrogens is 358 g/mol. The van der Waals surface area contributed by atoms with Crippen LogP contribution in [0, 0.1) is 5.41 Å². The number of nitrogens with zero attached hydrogens (tertiary/aromatic N) is 3. The van der Waals surface area contributed by atoms with Crippen molar-refractivity contribution < 1.29 is 0 Å². The molecule has 140 valence electrons. The zero-order chi connectivity index (χ0) is 20.0. The van der Waals surface area contributed by atoms with Crippen LogP contribution in [0.2, 0.25) is 0 Å². The second kappa shape index (κ2) is 6.56. The molecule has 0 aliphatic carbocycles. The Bertz CT molecular complexity index is 1380. The largest absolute Gasteiger partial charge is 0.384 e. The third kappa shape index (κ3) is 2.93. The van der Waals surface area contributed by atoms with Gasteiger partial charge >= 0.3 is 0 Å². The smallest absolute Gasteiger partial charge is 0.140 e. The highest BCUT2D eigenvalue weighted by molar-refractivity contribution is 5.98. The number of fused-ring (bicyclic) bond motifs is 2. The minimum absolute atomic E-state index is 0.0464. The van der Waals surface area contributed by atoms with Gasteiger partial charge in [0.15, 0.2) is 0 Å². The Morgan fingerprint density at radius 3 is 2.45 bits per heavy atom. The van der Waals surface area contributed by atoms with Crippen molar-refractivity contribution in [3.63, 3.8) is 0 Å². The van der Waals surface area contributed by atoms with E-state index in [2.05, 4.69) is 41.0 Å². The van der Waals surface area contributed by atoms with Gasteiger partial charge in [0.05, 0.1) is 22.2 Å². The summed E-state index contributed by atoms with van der Waals surface area (Å²) in [5.74, 6) is 0.917. The zero-order valence-corrected chi connectivity index (χ0v) is 15.9. The number of nitrogens with one attached hydrogen (secondary N) is 1. The summed E-state index contributed by atoms with van der Waals surface area (Å²) in [6.45, 7) is 0. The molecule has 0 unspecified atom stereocenters. The maximum absolute atomic E-state index is 7.64. The number of nitrogen functional groups attached to an aromatic ring is 1. The van der Waals surface area contributed by atoms with E-state index in [1.54, 1.807) is 0 Å². The molecule has 2 aromatic heterocycles. The van der Waals surface area contributed by atoms with E-state index >= 15 is 0 Å². The van der Waals surface area contributed by atoms with Crippen molar-refractivity contribution in [1.29, 1.82) is 5.41 Å². The average Bonchev–Trinajstić information content (AvgIpc) is 3.09. The molecule has 5 heteroatoms. The van der Waals surface area contributed by atoms with Crippen molar-refractivity contribution in [1.82, 2.24) is 14.5 Å². The van der Waals surface area contributed by atoms with Crippen LogP contribution in [0.5, 0.6) is 0 Å². The molecule has 0 fully saturated rings. The molecule has 0 atom stereocenters. The normalized spacial score (nSPS) is 11.2. The van der Waals surface area contributed by atoms with Gasteiger partial charge in [-0.2, -0.15) is 0 Å². The molecule has 5 aromatic rings. The summed E-state index contributed by atoms with van der Waals surface area (Å²) in [4.78, 5) is 9.60. The highest BCUT2D eigenvalue weighted by atomic mass is 15.1. The van der Waals surface area contributed by atoms with Crippen molar-refractivity contribution in [2.24, 2.45) is 12.8 Å². The predicted molar refractivity (Wildman–Crippen MR) is 118 cm³/mol. The summed E-state index contributed by atoms with van der Waals surface area (Å²) in [7, 11) is 2.00. The number of aromatic nitrogens is 3. The molecular formula is C24H19N5. The molecule has 5 rings (SSSR count). The maximum atomic E-state index is 7.64. The van der Waals surface area contributed by atoms with E-state index in [0.717, 1.165) is 44.6 Å². The fraction of sp³-hybridized carbons (Fsp3) is 0.0417. The SMILES string of the molecule is Cn1c(-c2ccc3nc(-c4ccccc4)ccc3c2)nc2cc(C(=N)N)ccc21. The van der Waals surface area contributed by atoms with Gasteiger partial charge in [-0.05, 0) is 42.5 Å². The monoisotopic (exact) mass is 377 g/mol. The highest BCUT2D eigenvalue weighted by Crippen LogP contribution is 2.28. The molecule has 0 aliphatic rings. The second-order valence-corrected chi connectivity index (χ2v) is 7.08. The lowest BCUT2D eigenvalue weighted by molar-refractivity contribution is 0.960. The summed E-state index contributed by atoms with van der Waals surface area (Å²) in [6.07, 6.45) is 0. The van der Waals surface area contributed by atoms with Crippen LogP contribution in [0.3, 0.4) is 0 Å². The van der Waals surface area contributed by atoms with Gasteiger partial charge in [-0.25, -0.2) is 9.97 Å². The van der Waals surface area contributed by atoms with Crippen LogP contribution in [0.4, 0.5) is 0 Å². The van der Waals surface area contributed by atoms with E-state index in [1.165, 1.54) is 0 Å². The van der Waals surface area contributed by atoms with Gasteiger partial charge in [-0.3, -0.25) is 5.41 Å². The lowest BCUT2D eigenvalue weighted by Gasteiger charge is -2.06. The average molecular weight is 377 g/mol. The number of pyridine rings is 1. The second-order valence-electron chi connectivity index (χ2n) is 7.08. The molecule has 0 aliphatic heterocycles. The Balaban J connectivity index is 1.60. The third-order valence-corrected chi connectivity index (χ3v) is 5.21. The molecule has 0 saturated carbocycles. The quantitative estimate of drug-likeness (QED) is 0.352. The number of aryl methyl sites for hydroxylation is 1. The van der Waals surface area contributed by atoms with Crippen LogP contribution in [0.15, 0.2) is 78.9 Å². The number of imidazole rings is 1. The molecule has 0 amide bonds. The number of rotatable bonds is 3. The standard InChI is InChI=1S/C24H19N5/c1-29-22-12-9-17(23(25)26)14-21(22)28-24(29)18-8-11-20-16(13-18)7-10-19(27-20)15-5-3-2-4-6-15/h2-14H,1H3,(H3,25,26). The summed E-state index contributed by atoms with van der Waals surface area (Å²) in [5, 5.41) is 8.71. The zero-order valence-electron chi connectivity index (χ0n) is 15.9. The van der Waals surface area contributed by atoms with E-state index < -0.39 is 0 Å². The van der Waals surface area contributed by atoms with Gasteiger partial charge < -0.3 is 10.3 Å². The fourth-order valence-corrected chi connectivity index (χ4v) is 3.66. The lowest BCUT2D eigenvalue weighted by Crippen LogP contribution is -2.10. The first-order chi connectivity index (χ1) is 14.1. The summed E-state index contributed by atoms with van der Waals surface area (Å²) >= 11 is 0. The van der Waals surface area contributed by atoms with Crippen LogP contribution in [-0.4, -0.2) is 20.4 Å². The Kier molecular flexibility index (Phi) is 3.88. The van der Waals surface area contributed by atoms with Gasteiger partial charge in [-0.1, -0.05) is 36.4 Å². The van der Waals surface area contributed by atoms with Crippen LogP contribution in [-0.2, 0) is 7.05 Å². The molecule has 2 heterocycles. The van der Waals surface area contributed by atoms with E-state index in [4.69, 9.17) is 21.1 Å². The van der Waals surface area contributed by atoms with Gasteiger partial charge in [0.25, 0.3) is 0 Å². The van der Waals surface area contributed by atoms with Crippen molar-refractivity contribution >= 4 is 27.8 Å². The van der Waals surface area contributed by atoms with Gasteiger partial charge in [0, 0.05) is 29.1 Å². The first-order valence-electron chi connectivity index (χ1n) is 9.37. The lowest BCUT2D eigenvalue weighted by atomic mass is 10.1. The number of nitrogens with two attached hydrogens (primary N) is 1. The predicted octanol–water partition coefficient (Wildman–Crippen LogP) is 4.74. The van der Waals surface area contributed by atoms with E-state index in [9.17, 15) is 0 Å². The minimum Gasteiger partial charge on any atom is -0.384 e. The Morgan fingerprint density at radius 1 is 0.828 bits per heavy atom. The fourth-order valence-electron chi connectivity index (χ4n) is 3.66. The Labute approximate surface area is 168 Å². The molecule has 0 bridgehead atoms. The van der Waals surface area contributed by atoms with Crippen LogP contribution >= 0.6 is 0 Å². The minimum atomic E-state index is 0.0464. The molecule has 3 N–H and O–H groups in total. The van der Waals surface area contributed by atoms with Crippen LogP contribution < -0.4 is 5.73 Å². The number of hydrogen-bond acceptors (Lipinski definition) is 3. The molecule has 0 saturated heterocycles. The Morgan fingerprint density at radius 2 is 1.66 bits per heavy atom. The highest BCUT2D eigenvalue weighted by Gasteiger charge is 2.12. The molecule has 3 aromatic carbocycles. The van der Waals surface area contributed by atoms with Gasteiger partial charge in [-0.15, -0.1) is 0 Å². The van der Waals surface area contributed by atoms with Crippen molar-refractivity contribution in [3.8, 4) is 22.6 Å². The van der Waals surface area contributed by atoms with E-state index in [0.29, 0.717) is 5.56 Å². The first kappa shape index (κ1) is 17.1. The molecule has 29 heavy (non-hydrogen) atoms. The Hall–Kier alpha value is -3.99. The third-order valence-electron chi connectivity index (χ3n) is 5.21. The van der Waals surface area contributed by atoms with Crippen LogP contribution in [0.1, 0.15) is 5.56 Å². The maximum Gasteiger partial charge on any atom is 0.140 e. The summed E-state index contributed by atoms with van der Waals surface area (Å²) in [6, 6.07) is 26.2. The molecule has 5 nitrogen and oxygen atoms in total. The molecule has 0 radical (unpaired) electrons. The van der Waals surface area contributed by atoms with Gasteiger partial charge in [0.2, 0.25) is 0 Å². The van der Waals surface area contributed by atoms with Crippen molar-refractivity contribution in [2.45, 2.75) is 0 Å². The number of benzene rings is 3. The van der Waals surface area contributed by atoms with E-state index in [-0.39, 0.29) is 5.84 Å². The summed E-state index contributed by atoms with van der Waals surface area (Å²) < 4.78 is 2.06. The number of hydrogen-bond donors (Lipinski definition) is 2. The first-order valence-corrected chi connectivity index (χ1v) is 9.37. The van der Waals surface area contributed by atoms with E-state index in [1.807, 2.05) is 49.5 Å². The van der Waals surface area contributed by atoms with Crippen molar-refractivity contribution in [3.05, 3.63) is 84.4 Å². The number of amidine groups is 1. The molecule has 0 spiro atoms. The van der Waals surface area contributed by atoms with Crippen LogP contribution in [0.25, 0.3) is 44.6 Å². The summed E-state index contributed by atoms with van der Waals surface area (Å²) in [5.41, 5.74) is 12.2. The topological polar surface area (TPSA) is 80.6 Å². The van der Waals surface area contributed by atoms with Gasteiger partial charge in [0.1, 0.15) is 11.7 Å². The van der Waals surface area contributed by atoms with Crippen molar-refractivity contribution in [2.75, 3.05) is 0 Å².